The van der Waals surface area contributed by atoms with Crippen molar-refractivity contribution in [1.29, 1.82) is 0 Å². The van der Waals surface area contributed by atoms with Crippen molar-refractivity contribution in [3.63, 3.8) is 0 Å². The number of amides is 1. The summed E-state index contributed by atoms with van der Waals surface area (Å²) in [7, 11) is 0. The lowest BCUT2D eigenvalue weighted by Gasteiger charge is -2.27. The number of carbonyl (C=O) groups is 2. The fraction of sp³-hybridized carbons (Fsp3) is 0.500. The molecule has 0 radical (unpaired) electrons. The molecule has 2 N–H and O–H groups in total. The van der Waals surface area contributed by atoms with E-state index in [1.165, 1.54) is 19.8 Å². The molecule has 4 heteroatoms. The summed E-state index contributed by atoms with van der Waals surface area (Å²) in [5.74, 6) is -0.807. The second-order valence-electron chi connectivity index (χ2n) is 5.70. The minimum atomic E-state index is -1.36. The quantitative estimate of drug-likeness (QED) is 0.868. The average Bonchev–Trinajstić information content (AvgIpc) is 2.92. The summed E-state index contributed by atoms with van der Waals surface area (Å²) in [6.07, 6.45) is 4.92. The van der Waals surface area contributed by atoms with Crippen molar-refractivity contribution < 1.29 is 14.7 Å². The van der Waals surface area contributed by atoms with E-state index in [2.05, 4.69) is 5.32 Å². The van der Waals surface area contributed by atoms with Gasteiger partial charge in [-0.15, -0.1) is 0 Å². The predicted molar refractivity (Wildman–Crippen MR) is 76.1 cm³/mol. The Morgan fingerprint density at radius 1 is 1.25 bits per heavy atom. The Labute approximate surface area is 119 Å². The minimum Gasteiger partial charge on any atom is -0.479 e. The van der Waals surface area contributed by atoms with Crippen molar-refractivity contribution in [2.75, 3.05) is 0 Å². The van der Waals surface area contributed by atoms with Gasteiger partial charge in [-0.3, -0.25) is 4.79 Å². The van der Waals surface area contributed by atoms with Crippen molar-refractivity contribution >= 4 is 11.9 Å². The van der Waals surface area contributed by atoms with Crippen LogP contribution in [-0.2, 0) is 15.1 Å². The van der Waals surface area contributed by atoms with Gasteiger partial charge in [0, 0.05) is 6.42 Å². The number of hydrogen-bond donors (Lipinski definition) is 2. The Morgan fingerprint density at radius 3 is 2.40 bits per heavy atom. The van der Waals surface area contributed by atoms with Gasteiger partial charge < -0.3 is 10.4 Å². The number of aliphatic carboxylic acids is 1. The van der Waals surface area contributed by atoms with Gasteiger partial charge in [0.05, 0.1) is 0 Å². The zero-order valence-electron chi connectivity index (χ0n) is 11.8. The number of benzene rings is 1. The van der Waals surface area contributed by atoms with Crippen molar-refractivity contribution in [3.05, 3.63) is 35.9 Å². The molecule has 1 aliphatic carbocycles. The maximum absolute atomic E-state index is 12.1. The Hall–Kier alpha value is -1.84. The topological polar surface area (TPSA) is 66.4 Å². The molecular formula is C16H21NO3. The van der Waals surface area contributed by atoms with Crippen LogP contribution in [0.2, 0.25) is 0 Å². The summed E-state index contributed by atoms with van der Waals surface area (Å²) < 4.78 is 0. The first-order valence-electron chi connectivity index (χ1n) is 7.12. The molecular weight excluding hydrogens is 254 g/mol. The lowest BCUT2D eigenvalue weighted by molar-refractivity contribution is -0.147. The van der Waals surface area contributed by atoms with Crippen molar-refractivity contribution in [3.8, 4) is 0 Å². The highest BCUT2D eigenvalue weighted by Gasteiger charge is 2.37. The van der Waals surface area contributed by atoms with Gasteiger partial charge in [0.25, 0.3) is 0 Å². The summed E-state index contributed by atoms with van der Waals surface area (Å²) >= 11 is 0. The molecule has 1 amide bonds. The number of hydrogen-bond acceptors (Lipinski definition) is 2. The summed E-state index contributed by atoms with van der Waals surface area (Å²) in [4.78, 5) is 23.7. The van der Waals surface area contributed by atoms with E-state index in [1.807, 2.05) is 6.07 Å². The third-order valence-corrected chi connectivity index (χ3v) is 4.12. The molecule has 0 heterocycles. The maximum Gasteiger partial charge on any atom is 0.333 e. The number of carboxylic acid groups (broad SMARTS) is 1. The maximum atomic E-state index is 12.1. The molecule has 0 bridgehead atoms. The first-order valence-corrected chi connectivity index (χ1v) is 7.12. The molecule has 0 spiro atoms. The number of carbonyl (C=O) groups excluding carboxylic acids is 1. The van der Waals surface area contributed by atoms with Gasteiger partial charge in [-0.2, -0.15) is 0 Å². The van der Waals surface area contributed by atoms with E-state index in [4.69, 9.17) is 0 Å². The fourth-order valence-electron chi connectivity index (χ4n) is 2.83. The molecule has 1 unspecified atom stereocenters. The molecule has 1 fully saturated rings. The zero-order valence-corrected chi connectivity index (χ0v) is 11.8. The number of nitrogens with one attached hydrogen (secondary N) is 1. The second kappa shape index (κ2) is 6.07. The van der Waals surface area contributed by atoms with Crippen LogP contribution in [0.4, 0.5) is 0 Å². The number of rotatable bonds is 5. The van der Waals surface area contributed by atoms with Gasteiger partial charge >= 0.3 is 5.97 Å². The van der Waals surface area contributed by atoms with Gasteiger partial charge in [-0.05, 0) is 31.2 Å². The first-order chi connectivity index (χ1) is 9.52. The molecule has 1 aromatic rings. The van der Waals surface area contributed by atoms with Gasteiger partial charge in [0.15, 0.2) is 5.54 Å². The molecule has 0 aliphatic heterocycles. The molecule has 20 heavy (non-hydrogen) atoms. The highest BCUT2D eigenvalue weighted by Crippen LogP contribution is 2.28. The van der Waals surface area contributed by atoms with E-state index >= 15 is 0 Å². The third kappa shape index (κ3) is 3.18. The lowest BCUT2D eigenvalue weighted by atomic mass is 9.91. The third-order valence-electron chi connectivity index (χ3n) is 4.12. The van der Waals surface area contributed by atoms with Crippen LogP contribution in [0, 0.1) is 5.92 Å². The highest BCUT2D eigenvalue weighted by atomic mass is 16.4. The van der Waals surface area contributed by atoms with Crippen LogP contribution in [0.25, 0.3) is 0 Å². The molecule has 1 aromatic carbocycles. The van der Waals surface area contributed by atoms with E-state index in [0.717, 1.165) is 12.8 Å². The number of carboxylic acids is 1. The molecule has 1 aliphatic rings. The normalized spacial score (nSPS) is 18.4. The van der Waals surface area contributed by atoms with Crippen LogP contribution in [0.1, 0.15) is 44.6 Å². The van der Waals surface area contributed by atoms with Crippen LogP contribution in [0.5, 0.6) is 0 Å². The Kier molecular flexibility index (Phi) is 4.42. The van der Waals surface area contributed by atoms with Crippen molar-refractivity contribution in [2.45, 2.75) is 44.6 Å². The van der Waals surface area contributed by atoms with Crippen LogP contribution in [-0.4, -0.2) is 17.0 Å². The Bertz CT molecular complexity index is 480. The van der Waals surface area contributed by atoms with E-state index in [0.29, 0.717) is 17.9 Å². The Morgan fingerprint density at radius 2 is 1.85 bits per heavy atom. The van der Waals surface area contributed by atoms with Crippen molar-refractivity contribution in [1.82, 2.24) is 5.32 Å². The Balaban J connectivity index is 2.09. The summed E-state index contributed by atoms with van der Waals surface area (Å²) in [6.45, 7) is 1.54. The summed E-state index contributed by atoms with van der Waals surface area (Å²) in [5, 5.41) is 12.2. The van der Waals surface area contributed by atoms with E-state index < -0.39 is 11.5 Å². The molecule has 0 saturated heterocycles. The van der Waals surface area contributed by atoms with Crippen LogP contribution >= 0.6 is 0 Å². The first kappa shape index (κ1) is 14.6. The molecule has 0 aromatic heterocycles. The SMILES string of the molecule is CC(NC(=O)CC1CCCC1)(C(=O)O)c1ccccc1. The molecule has 108 valence electrons. The second-order valence-corrected chi connectivity index (χ2v) is 5.70. The van der Waals surface area contributed by atoms with E-state index in [9.17, 15) is 14.7 Å². The van der Waals surface area contributed by atoms with E-state index in [1.54, 1.807) is 24.3 Å². The van der Waals surface area contributed by atoms with Gasteiger partial charge in [-0.1, -0.05) is 43.2 Å². The molecule has 1 atom stereocenters. The monoisotopic (exact) mass is 275 g/mol. The standard InChI is InChI=1S/C16H21NO3/c1-16(15(19)20,13-9-3-2-4-10-13)17-14(18)11-12-7-5-6-8-12/h2-4,9-10,12H,5-8,11H2,1H3,(H,17,18)(H,19,20). The van der Waals surface area contributed by atoms with Crippen LogP contribution in [0.15, 0.2) is 30.3 Å². The van der Waals surface area contributed by atoms with Gasteiger partial charge in [0.1, 0.15) is 0 Å². The summed E-state index contributed by atoms with van der Waals surface area (Å²) in [6, 6.07) is 8.83. The van der Waals surface area contributed by atoms with Gasteiger partial charge in [-0.25, -0.2) is 4.79 Å². The van der Waals surface area contributed by atoms with Crippen LogP contribution < -0.4 is 5.32 Å². The fourth-order valence-corrected chi connectivity index (χ4v) is 2.83. The smallest absolute Gasteiger partial charge is 0.333 e. The lowest BCUT2D eigenvalue weighted by Crippen LogP contribution is -2.49. The summed E-state index contributed by atoms with van der Waals surface area (Å²) in [5.41, 5.74) is -0.774. The largest absolute Gasteiger partial charge is 0.479 e. The zero-order chi connectivity index (χ0) is 14.6. The molecule has 1 saturated carbocycles. The average molecular weight is 275 g/mol. The molecule has 4 nitrogen and oxygen atoms in total. The highest BCUT2D eigenvalue weighted by molar-refractivity contribution is 5.87. The van der Waals surface area contributed by atoms with Crippen molar-refractivity contribution in [2.24, 2.45) is 5.92 Å². The van der Waals surface area contributed by atoms with E-state index in [-0.39, 0.29) is 5.91 Å². The molecule has 2 rings (SSSR count). The van der Waals surface area contributed by atoms with Crippen LogP contribution in [0.3, 0.4) is 0 Å². The van der Waals surface area contributed by atoms with Gasteiger partial charge in [0.2, 0.25) is 5.91 Å². The predicted octanol–water partition coefficient (Wildman–Crippen LogP) is 2.68. The minimum absolute atomic E-state index is 0.175.